The summed E-state index contributed by atoms with van der Waals surface area (Å²) in [6, 6.07) is 12.1. The molecule has 2 rings (SSSR count). The lowest BCUT2D eigenvalue weighted by Crippen LogP contribution is -2.39. The van der Waals surface area contributed by atoms with Gasteiger partial charge in [-0.1, -0.05) is 12.1 Å². The molecule has 0 unspecified atom stereocenters. The molecule has 0 saturated carbocycles. The van der Waals surface area contributed by atoms with E-state index in [9.17, 15) is 14.4 Å². The molecular formula is C21H25N3O5. The minimum atomic E-state index is -0.320. The highest BCUT2D eigenvalue weighted by molar-refractivity contribution is 5.98. The Morgan fingerprint density at radius 3 is 2.31 bits per heavy atom. The largest absolute Gasteiger partial charge is 0.493 e. The van der Waals surface area contributed by atoms with Gasteiger partial charge in [-0.3, -0.25) is 14.4 Å². The van der Waals surface area contributed by atoms with Gasteiger partial charge < -0.3 is 25.0 Å². The van der Waals surface area contributed by atoms with E-state index < -0.39 is 0 Å². The van der Waals surface area contributed by atoms with Gasteiger partial charge in [-0.2, -0.15) is 0 Å². The van der Waals surface area contributed by atoms with Crippen molar-refractivity contribution < 1.29 is 23.9 Å². The Bertz CT molecular complexity index is 898. The van der Waals surface area contributed by atoms with E-state index in [1.54, 1.807) is 50.6 Å². The predicted octanol–water partition coefficient (Wildman–Crippen LogP) is 2.33. The second-order valence-corrected chi connectivity index (χ2v) is 6.30. The molecule has 0 atom stereocenters. The number of anilines is 2. The zero-order chi connectivity index (χ0) is 21.4. The molecule has 29 heavy (non-hydrogen) atoms. The van der Waals surface area contributed by atoms with E-state index >= 15 is 0 Å². The summed E-state index contributed by atoms with van der Waals surface area (Å²) in [7, 11) is 3.09. The van der Waals surface area contributed by atoms with Gasteiger partial charge in [0.2, 0.25) is 17.7 Å². The van der Waals surface area contributed by atoms with Crippen LogP contribution in [0.1, 0.15) is 19.4 Å². The molecule has 0 fully saturated rings. The van der Waals surface area contributed by atoms with E-state index in [4.69, 9.17) is 9.47 Å². The van der Waals surface area contributed by atoms with Crippen LogP contribution in [0.2, 0.25) is 0 Å². The van der Waals surface area contributed by atoms with Crippen molar-refractivity contribution in [3.05, 3.63) is 48.0 Å². The summed E-state index contributed by atoms with van der Waals surface area (Å²) in [6.45, 7) is 2.91. The van der Waals surface area contributed by atoms with Crippen LogP contribution >= 0.6 is 0 Å². The number of methoxy groups -OCH3 is 2. The fraction of sp³-hybridized carbons (Fsp3) is 0.286. The van der Waals surface area contributed by atoms with E-state index in [1.807, 2.05) is 6.07 Å². The SMILES string of the molecule is COc1ccc(CNC(=O)CN(C(C)=O)c2cccc(NC(C)=O)c2)cc1OC. The molecule has 3 amide bonds. The van der Waals surface area contributed by atoms with Gasteiger partial charge in [-0.05, 0) is 35.9 Å². The molecule has 8 heteroatoms. The lowest BCUT2D eigenvalue weighted by Gasteiger charge is -2.21. The molecule has 2 N–H and O–H groups in total. The molecule has 2 aromatic carbocycles. The molecule has 0 heterocycles. The van der Waals surface area contributed by atoms with Gasteiger partial charge in [-0.25, -0.2) is 0 Å². The first-order chi connectivity index (χ1) is 13.8. The summed E-state index contributed by atoms with van der Waals surface area (Å²) in [5.74, 6) is 0.346. The number of nitrogens with one attached hydrogen (secondary N) is 2. The number of nitrogens with zero attached hydrogens (tertiary/aromatic N) is 1. The predicted molar refractivity (Wildman–Crippen MR) is 110 cm³/mol. The maximum atomic E-state index is 12.4. The molecule has 2 aromatic rings. The van der Waals surface area contributed by atoms with Crippen molar-refractivity contribution in [2.45, 2.75) is 20.4 Å². The molecule has 0 spiro atoms. The zero-order valence-electron chi connectivity index (χ0n) is 16.9. The molecule has 8 nitrogen and oxygen atoms in total. The number of benzene rings is 2. The summed E-state index contributed by atoms with van der Waals surface area (Å²) in [5, 5.41) is 5.45. The lowest BCUT2D eigenvalue weighted by molar-refractivity contribution is -0.123. The Morgan fingerprint density at radius 2 is 1.69 bits per heavy atom. The van der Waals surface area contributed by atoms with Gasteiger partial charge in [0.1, 0.15) is 6.54 Å². The first-order valence-electron chi connectivity index (χ1n) is 8.97. The third kappa shape index (κ3) is 6.24. The highest BCUT2D eigenvalue weighted by Crippen LogP contribution is 2.27. The second kappa shape index (κ2) is 10.1. The van der Waals surface area contributed by atoms with Crippen molar-refractivity contribution in [1.29, 1.82) is 0 Å². The average Bonchev–Trinajstić information content (AvgIpc) is 2.69. The van der Waals surface area contributed by atoms with E-state index in [0.29, 0.717) is 22.9 Å². The van der Waals surface area contributed by atoms with Crippen LogP contribution in [0.4, 0.5) is 11.4 Å². The molecule has 154 valence electrons. The van der Waals surface area contributed by atoms with Crippen molar-refractivity contribution in [3.63, 3.8) is 0 Å². The maximum Gasteiger partial charge on any atom is 0.240 e. The molecule has 0 aliphatic heterocycles. The number of carbonyl (C=O) groups excluding carboxylic acids is 3. The van der Waals surface area contributed by atoms with Crippen molar-refractivity contribution in [1.82, 2.24) is 5.32 Å². The Labute approximate surface area is 169 Å². The van der Waals surface area contributed by atoms with Crippen molar-refractivity contribution in [3.8, 4) is 11.5 Å². The van der Waals surface area contributed by atoms with Crippen LogP contribution in [-0.4, -0.2) is 38.5 Å². The molecule has 0 aliphatic carbocycles. The Kier molecular flexibility index (Phi) is 7.59. The van der Waals surface area contributed by atoms with Gasteiger partial charge >= 0.3 is 0 Å². The molecular weight excluding hydrogens is 374 g/mol. The summed E-state index contributed by atoms with van der Waals surface area (Å²) < 4.78 is 10.5. The normalized spacial score (nSPS) is 10.1. The van der Waals surface area contributed by atoms with Gasteiger partial charge in [0.05, 0.1) is 14.2 Å². The van der Waals surface area contributed by atoms with Crippen LogP contribution in [0.15, 0.2) is 42.5 Å². The topological polar surface area (TPSA) is 97.0 Å². The lowest BCUT2D eigenvalue weighted by atomic mass is 10.2. The standard InChI is InChI=1S/C21H25N3O5/c1-14(25)23-17-6-5-7-18(11-17)24(15(2)26)13-21(27)22-12-16-8-9-19(28-3)20(10-16)29-4/h5-11H,12-13H2,1-4H3,(H,22,27)(H,23,25). The quantitative estimate of drug-likeness (QED) is 0.710. The fourth-order valence-electron chi connectivity index (χ4n) is 2.73. The van der Waals surface area contributed by atoms with Crippen molar-refractivity contribution in [2.75, 3.05) is 31.0 Å². The minimum Gasteiger partial charge on any atom is -0.493 e. The van der Waals surface area contributed by atoms with Crippen LogP contribution in [0.25, 0.3) is 0 Å². The maximum absolute atomic E-state index is 12.4. The molecule has 0 bridgehead atoms. The molecule has 0 aliphatic rings. The summed E-state index contributed by atoms with van der Waals surface area (Å²) in [6.07, 6.45) is 0. The highest BCUT2D eigenvalue weighted by Gasteiger charge is 2.16. The van der Waals surface area contributed by atoms with Crippen LogP contribution in [0.3, 0.4) is 0 Å². The fourth-order valence-corrected chi connectivity index (χ4v) is 2.73. The Balaban J connectivity index is 2.05. The average molecular weight is 399 g/mol. The monoisotopic (exact) mass is 399 g/mol. The van der Waals surface area contributed by atoms with Gasteiger partial charge in [0.25, 0.3) is 0 Å². The number of carbonyl (C=O) groups is 3. The zero-order valence-corrected chi connectivity index (χ0v) is 16.9. The minimum absolute atomic E-state index is 0.147. The number of amides is 3. The molecule has 0 aromatic heterocycles. The van der Waals surface area contributed by atoms with E-state index in [1.165, 1.54) is 18.7 Å². The summed E-state index contributed by atoms with van der Waals surface area (Å²) in [5.41, 5.74) is 1.90. The first kappa shape index (κ1) is 21.7. The highest BCUT2D eigenvalue weighted by atomic mass is 16.5. The molecule has 0 radical (unpaired) electrons. The Hall–Kier alpha value is -3.55. The van der Waals surface area contributed by atoms with Gasteiger partial charge in [0, 0.05) is 31.8 Å². The van der Waals surface area contributed by atoms with Crippen molar-refractivity contribution in [2.24, 2.45) is 0 Å². The summed E-state index contributed by atoms with van der Waals surface area (Å²) >= 11 is 0. The van der Waals surface area contributed by atoms with Crippen LogP contribution in [-0.2, 0) is 20.9 Å². The third-order valence-corrected chi connectivity index (χ3v) is 4.10. The second-order valence-electron chi connectivity index (χ2n) is 6.30. The summed E-state index contributed by atoms with van der Waals surface area (Å²) in [4.78, 5) is 37.1. The number of hydrogen-bond acceptors (Lipinski definition) is 5. The third-order valence-electron chi connectivity index (χ3n) is 4.10. The van der Waals surface area contributed by atoms with E-state index in [0.717, 1.165) is 5.56 Å². The van der Waals surface area contributed by atoms with Gasteiger partial charge in [0.15, 0.2) is 11.5 Å². The van der Waals surface area contributed by atoms with Crippen molar-refractivity contribution >= 4 is 29.1 Å². The van der Waals surface area contributed by atoms with Gasteiger partial charge in [-0.15, -0.1) is 0 Å². The van der Waals surface area contributed by atoms with Crippen LogP contribution in [0.5, 0.6) is 11.5 Å². The smallest absolute Gasteiger partial charge is 0.240 e. The first-order valence-corrected chi connectivity index (χ1v) is 8.97. The van der Waals surface area contributed by atoms with E-state index in [2.05, 4.69) is 10.6 Å². The molecule has 0 saturated heterocycles. The number of rotatable bonds is 8. The number of hydrogen-bond donors (Lipinski definition) is 2. The Morgan fingerprint density at radius 1 is 0.966 bits per heavy atom. The van der Waals surface area contributed by atoms with Crippen LogP contribution < -0.4 is 25.0 Å². The number of ether oxygens (including phenoxy) is 2. The van der Waals surface area contributed by atoms with E-state index in [-0.39, 0.29) is 30.8 Å². The van der Waals surface area contributed by atoms with Crippen LogP contribution in [0, 0.1) is 0 Å².